The van der Waals surface area contributed by atoms with E-state index in [4.69, 9.17) is 11.6 Å². The molecule has 1 atom stereocenters. The highest BCUT2D eigenvalue weighted by atomic mass is 35.5. The van der Waals surface area contributed by atoms with Crippen molar-refractivity contribution in [2.45, 2.75) is 37.8 Å². The molecule has 5 nitrogen and oxygen atoms in total. The fourth-order valence-corrected chi connectivity index (χ4v) is 3.09. The lowest BCUT2D eigenvalue weighted by Crippen LogP contribution is -2.32. The van der Waals surface area contributed by atoms with Crippen LogP contribution in [0.2, 0.25) is 5.15 Å². The second-order valence-corrected chi connectivity index (χ2v) is 5.75. The molecule has 0 saturated heterocycles. The highest BCUT2D eigenvalue weighted by Crippen LogP contribution is 2.18. The first-order valence-corrected chi connectivity index (χ1v) is 6.93. The Hall–Kier alpha value is -0.590. The van der Waals surface area contributed by atoms with Crippen molar-refractivity contribution < 1.29 is 8.42 Å². The summed E-state index contributed by atoms with van der Waals surface area (Å²) in [6.07, 6.45) is 3.07. The summed E-state index contributed by atoms with van der Waals surface area (Å²) in [7, 11) is -1.96. The number of hydrogen-bond acceptors (Lipinski definition) is 3. The van der Waals surface area contributed by atoms with Gasteiger partial charge in [-0.15, -0.1) is 0 Å². The zero-order chi connectivity index (χ0) is 12.3. The largest absolute Gasteiger partial charge is 0.324 e. The van der Waals surface area contributed by atoms with Crippen LogP contribution in [0, 0.1) is 0 Å². The van der Waals surface area contributed by atoms with Crippen molar-refractivity contribution in [3.8, 4) is 0 Å². The van der Waals surface area contributed by atoms with Gasteiger partial charge in [0.05, 0.1) is 6.33 Å². The van der Waals surface area contributed by atoms with E-state index < -0.39 is 10.0 Å². The van der Waals surface area contributed by atoms with Crippen LogP contribution in [0.5, 0.6) is 0 Å². The molecular weight excluding hydrogens is 250 g/mol. The van der Waals surface area contributed by atoms with Crippen LogP contribution in [0.1, 0.15) is 26.7 Å². The maximum absolute atomic E-state index is 11.9. The van der Waals surface area contributed by atoms with Crippen molar-refractivity contribution in [2.75, 3.05) is 0 Å². The lowest BCUT2D eigenvalue weighted by Gasteiger charge is -2.11. The average molecular weight is 266 g/mol. The summed E-state index contributed by atoms with van der Waals surface area (Å²) in [6, 6.07) is -0.118. The Morgan fingerprint density at radius 1 is 1.62 bits per heavy atom. The fourth-order valence-electron chi connectivity index (χ4n) is 1.39. The molecule has 0 radical (unpaired) electrons. The van der Waals surface area contributed by atoms with E-state index in [1.807, 2.05) is 13.8 Å². The highest BCUT2D eigenvalue weighted by molar-refractivity contribution is 7.89. The molecule has 92 valence electrons. The van der Waals surface area contributed by atoms with Gasteiger partial charge in [-0.1, -0.05) is 24.9 Å². The standard InChI is InChI=1S/C9H16ClN3O2S/c1-4-5-7(2)12-16(14,15)9-8(10)13(3)6-11-9/h6-7,12H,4-5H2,1-3H3. The lowest BCUT2D eigenvalue weighted by molar-refractivity contribution is 0.541. The summed E-state index contributed by atoms with van der Waals surface area (Å²) < 4.78 is 27.8. The van der Waals surface area contributed by atoms with Crippen LogP contribution in [0.15, 0.2) is 11.4 Å². The van der Waals surface area contributed by atoms with Gasteiger partial charge < -0.3 is 4.57 Å². The number of aryl methyl sites for hydroxylation is 1. The molecule has 1 rings (SSSR count). The Bertz CT molecular complexity index is 455. The Kier molecular flexibility index (Phi) is 4.35. The molecule has 1 aromatic heterocycles. The first-order chi connectivity index (χ1) is 7.38. The predicted molar refractivity (Wildman–Crippen MR) is 62.9 cm³/mol. The van der Waals surface area contributed by atoms with Crippen LogP contribution in [-0.2, 0) is 17.1 Å². The molecule has 1 aromatic rings. The molecule has 1 heterocycles. The summed E-state index contributed by atoms with van der Waals surface area (Å²) in [5.74, 6) is 0. The molecule has 0 amide bonds. The van der Waals surface area contributed by atoms with Crippen molar-refractivity contribution in [1.82, 2.24) is 14.3 Å². The topological polar surface area (TPSA) is 64.0 Å². The van der Waals surface area contributed by atoms with E-state index in [1.165, 1.54) is 10.9 Å². The quantitative estimate of drug-likeness (QED) is 0.878. The van der Waals surface area contributed by atoms with Crippen LogP contribution in [0.4, 0.5) is 0 Å². The summed E-state index contributed by atoms with van der Waals surface area (Å²) in [4.78, 5) is 3.78. The minimum Gasteiger partial charge on any atom is -0.324 e. The Balaban J connectivity index is 2.90. The number of aromatic nitrogens is 2. The molecule has 7 heteroatoms. The van der Waals surface area contributed by atoms with Gasteiger partial charge in [-0.2, -0.15) is 0 Å². The van der Waals surface area contributed by atoms with Crippen molar-refractivity contribution in [1.29, 1.82) is 0 Å². The van der Waals surface area contributed by atoms with Gasteiger partial charge in [-0.05, 0) is 13.3 Å². The minimum absolute atomic E-state index is 0.111. The van der Waals surface area contributed by atoms with Gasteiger partial charge >= 0.3 is 0 Å². The first kappa shape index (κ1) is 13.5. The van der Waals surface area contributed by atoms with Crippen LogP contribution >= 0.6 is 11.6 Å². The molecule has 0 aromatic carbocycles. The number of sulfonamides is 1. The van der Waals surface area contributed by atoms with Gasteiger partial charge in [-0.25, -0.2) is 18.1 Å². The lowest BCUT2D eigenvalue weighted by atomic mass is 10.2. The number of nitrogens with zero attached hydrogens (tertiary/aromatic N) is 2. The minimum atomic E-state index is -3.61. The zero-order valence-electron chi connectivity index (χ0n) is 9.57. The molecular formula is C9H16ClN3O2S. The van der Waals surface area contributed by atoms with Gasteiger partial charge in [0.1, 0.15) is 5.15 Å². The van der Waals surface area contributed by atoms with E-state index in [-0.39, 0.29) is 16.2 Å². The predicted octanol–water partition coefficient (Wildman–Crippen LogP) is 1.54. The second-order valence-electron chi connectivity index (χ2n) is 3.76. The van der Waals surface area contributed by atoms with Gasteiger partial charge in [0.15, 0.2) is 0 Å². The second kappa shape index (κ2) is 5.16. The number of hydrogen-bond donors (Lipinski definition) is 1. The third kappa shape index (κ3) is 2.96. The SMILES string of the molecule is CCCC(C)NS(=O)(=O)c1ncn(C)c1Cl. The normalized spacial score (nSPS) is 14.0. The van der Waals surface area contributed by atoms with Crippen LogP contribution in [0.3, 0.4) is 0 Å². The van der Waals surface area contributed by atoms with Crippen molar-refractivity contribution >= 4 is 21.6 Å². The maximum atomic E-state index is 11.9. The maximum Gasteiger partial charge on any atom is 0.261 e. The van der Waals surface area contributed by atoms with E-state index in [0.29, 0.717) is 0 Å². The smallest absolute Gasteiger partial charge is 0.261 e. The van der Waals surface area contributed by atoms with E-state index in [9.17, 15) is 8.42 Å². The van der Waals surface area contributed by atoms with Crippen LogP contribution in [-0.4, -0.2) is 24.0 Å². The van der Waals surface area contributed by atoms with Gasteiger partial charge in [-0.3, -0.25) is 0 Å². The molecule has 0 aliphatic heterocycles. The number of imidazole rings is 1. The average Bonchev–Trinajstić information content (AvgIpc) is 2.47. The van der Waals surface area contributed by atoms with Crippen molar-refractivity contribution in [2.24, 2.45) is 7.05 Å². The highest BCUT2D eigenvalue weighted by Gasteiger charge is 2.23. The summed E-state index contributed by atoms with van der Waals surface area (Å²) >= 11 is 5.84. The van der Waals surface area contributed by atoms with E-state index in [1.54, 1.807) is 7.05 Å². The summed E-state index contributed by atoms with van der Waals surface area (Å²) in [5.41, 5.74) is 0. The zero-order valence-corrected chi connectivity index (χ0v) is 11.1. The fraction of sp³-hybridized carbons (Fsp3) is 0.667. The summed E-state index contributed by atoms with van der Waals surface area (Å²) in [5, 5.41) is 0.0100. The third-order valence-electron chi connectivity index (χ3n) is 2.17. The van der Waals surface area contributed by atoms with Crippen LogP contribution < -0.4 is 4.72 Å². The Morgan fingerprint density at radius 2 is 2.25 bits per heavy atom. The van der Waals surface area contributed by atoms with Crippen LogP contribution in [0.25, 0.3) is 0 Å². The number of nitrogens with one attached hydrogen (secondary N) is 1. The summed E-state index contributed by atoms with van der Waals surface area (Å²) in [6.45, 7) is 3.82. The molecule has 0 aliphatic rings. The molecule has 0 fully saturated rings. The van der Waals surface area contributed by atoms with Gasteiger partial charge in [0.2, 0.25) is 5.03 Å². The first-order valence-electron chi connectivity index (χ1n) is 5.07. The van der Waals surface area contributed by atoms with E-state index >= 15 is 0 Å². The molecule has 1 unspecified atom stereocenters. The van der Waals surface area contributed by atoms with Crippen molar-refractivity contribution in [3.05, 3.63) is 11.5 Å². The molecule has 0 spiro atoms. The molecule has 1 N–H and O–H groups in total. The number of rotatable bonds is 5. The van der Waals surface area contributed by atoms with E-state index in [0.717, 1.165) is 12.8 Å². The molecule has 0 saturated carbocycles. The molecule has 16 heavy (non-hydrogen) atoms. The Morgan fingerprint density at radius 3 is 2.69 bits per heavy atom. The monoisotopic (exact) mass is 265 g/mol. The van der Waals surface area contributed by atoms with E-state index in [2.05, 4.69) is 9.71 Å². The Labute approximate surface area is 101 Å². The number of halogens is 1. The molecule has 0 aliphatic carbocycles. The van der Waals surface area contributed by atoms with Gasteiger partial charge in [0.25, 0.3) is 10.0 Å². The van der Waals surface area contributed by atoms with Gasteiger partial charge in [0, 0.05) is 13.1 Å². The third-order valence-corrected chi connectivity index (χ3v) is 4.25. The molecule has 0 bridgehead atoms. The van der Waals surface area contributed by atoms with Crippen molar-refractivity contribution in [3.63, 3.8) is 0 Å².